The molecule has 0 amide bonds. The molecule has 4 heteroatoms. The maximum Gasteiger partial charge on any atom is 0.175 e. The number of hydrogen-bond donors (Lipinski definition) is 1. The fourth-order valence-corrected chi connectivity index (χ4v) is 2.07. The molecular weight excluding hydrogens is 264 g/mol. The zero-order chi connectivity index (χ0) is 15.6. The van der Waals surface area contributed by atoms with E-state index < -0.39 is 0 Å². The van der Waals surface area contributed by atoms with Crippen molar-refractivity contribution in [3.63, 3.8) is 0 Å². The van der Waals surface area contributed by atoms with Gasteiger partial charge in [0.05, 0.1) is 12.2 Å². The lowest BCUT2D eigenvalue weighted by molar-refractivity contribution is 0.271. The number of aromatic nitrogens is 1. The number of benzene rings is 1. The number of nitrogens with zero attached hydrogens (tertiary/aromatic N) is 1. The van der Waals surface area contributed by atoms with Crippen molar-refractivity contribution in [2.45, 2.75) is 40.0 Å². The second kappa shape index (κ2) is 5.80. The highest BCUT2D eigenvalue weighted by molar-refractivity contribution is 5.76. The van der Waals surface area contributed by atoms with E-state index in [0.717, 1.165) is 22.6 Å². The Balaban J connectivity index is 2.29. The third-order valence-electron chi connectivity index (χ3n) is 3.13. The predicted octanol–water partition coefficient (Wildman–Crippen LogP) is 4.26. The SMILES string of the molecule is CC(C)COc1ccc(-c2c(N)noc2C(C)(C)C)cc1. The van der Waals surface area contributed by atoms with Gasteiger partial charge in [0.2, 0.25) is 0 Å². The molecule has 0 saturated heterocycles. The van der Waals surface area contributed by atoms with Crippen LogP contribution in [0.1, 0.15) is 40.4 Å². The molecule has 0 aliphatic carbocycles. The van der Waals surface area contributed by atoms with E-state index in [9.17, 15) is 0 Å². The lowest BCUT2D eigenvalue weighted by Crippen LogP contribution is -2.11. The van der Waals surface area contributed by atoms with Crippen LogP contribution in [-0.2, 0) is 5.41 Å². The quantitative estimate of drug-likeness (QED) is 0.913. The highest BCUT2D eigenvalue weighted by atomic mass is 16.5. The Morgan fingerprint density at radius 3 is 2.33 bits per heavy atom. The number of nitrogen functional groups attached to an aromatic ring is 1. The minimum atomic E-state index is -0.146. The summed E-state index contributed by atoms with van der Waals surface area (Å²) in [6, 6.07) is 7.90. The topological polar surface area (TPSA) is 61.3 Å². The average molecular weight is 288 g/mol. The zero-order valence-corrected chi connectivity index (χ0v) is 13.4. The molecule has 0 spiro atoms. The minimum absolute atomic E-state index is 0.146. The van der Waals surface area contributed by atoms with Gasteiger partial charge >= 0.3 is 0 Å². The van der Waals surface area contributed by atoms with Crippen LogP contribution in [0.5, 0.6) is 5.75 Å². The summed E-state index contributed by atoms with van der Waals surface area (Å²) in [7, 11) is 0. The van der Waals surface area contributed by atoms with Crippen LogP contribution in [0.15, 0.2) is 28.8 Å². The van der Waals surface area contributed by atoms with Crippen LogP contribution < -0.4 is 10.5 Å². The summed E-state index contributed by atoms with van der Waals surface area (Å²) in [5.41, 5.74) is 7.69. The monoisotopic (exact) mass is 288 g/mol. The summed E-state index contributed by atoms with van der Waals surface area (Å²) < 4.78 is 11.1. The van der Waals surface area contributed by atoms with Crippen molar-refractivity contribution in [3.8, 4) is 16.9 Å². The van der Waals surface area contributed by atoms with Crippen molar-refractivity contribution < 1.29 is 9.26 Å². The maximum atomic E-state index is 5.97. The number of rotatable bonds is 4. The van der Waals surface area contributed by atoms with Crippen molar-refractivity contribution in [1.82, 2.24) is 5.16 Å². The highest BCUT2D eigenvalue weighted by Gasteiger charge is 2.26. The molecule has 0 saturated carbocycles. The van der Waals surface area contributed by atoms with Crippen LogP contribution in [0.4, 0.5) is 5.82 Å². The smallest absolute Gasteiger partial charge is 0.175 e. The third kappa shape index (κ3) is 3.57. The molecule has 0 unspecified atom stereocenters. The molecule has 1 aromatic heterocycles. The molecule has 4 nitrogen and oxygen atoms in total. The maximum absolute atomic E-state index is 5.97. The van der Waals surface area contributed by atoms with Crippen molar-refractivity contribution in [3.05, 3.63) is 30.0 Å². The van der Waals surface area contributed by atoms with Crippen LogP contribution >= 0.6 is 0 Å². The molecule has 0 bridgehead atoms. The molecule has 1 heterocycles. The molecule has 114 valence electrons. The Bertz CT molecular complexity index is 592. The van der Waals surface area contributed by atoms with Gasteiger partial charge in [-0.1, -0.05) is 51.9 Å². The van der Waals surface area contributed by atoms with Crippen molar-refractivity contribution in [1.29, 1.82) is 0 Å². The zero-order valence-electron chi connectivity index (χ0n) is 13.4. The number of nitrogens with two attached hydrogens (primary N) is 1. The molecule has 0 radical (unpaired) electrons. The third-order valence-corrected chi connectivity index (χ3v) is 3.13. The molecule has 2 N–H and O–H groups in total. The lowest BCUT2D eigenvalue weighted by atomic mass is 9.88. The van der Waals surface area contributed by atoms with Crippen molar-refractivity contribution in [2.75, 3.05) is 12.3 Å². The van der Waals surface area contributed by atoms with Gasteiger partial charge in [-0.3, -0.25) is 0 Å². The highest BCUT2D eigenvalue weighted by Crippen LogP contribution is 2.37. The van der Waals surface area contributed by atoms with E-state index in [0.29, 0.717) is 18.3 Å². The fraction of sp³-hybridized carbons (Fsp3) is 0.471. The van der Waals surface area contributed by atoms with E-state index in [1.54, 1.807) is 0 Å². The average Bonchev–Trinajstić information content (AvgIpc) is 2.79. The molecule has 0 fully saturated rings. The largest absolute Gasteiger partial charge is 0.493 e. The van der Waals surface area contributed by atoms with E-state index in [2.05, 4.69) is 39.8 Å². The van der Waals surface area contributed by atoms with Crippen LogP contribution in [0.25, 0.3) is 11.1 Å². The molecule has 2 aromatic rings. The van der Waals surface area contributed by atoms with Crippen LogP contribution in [0.3, 0.4) is 0 Å². The Labute approximate surface area is 126 Å². The van der Waals surface area contributed by atoms with E-state index >= 15 is 0 Å². The molecular formula is C17H24N2O2. The van der Waals surface area contributed by atoms with Crippen LogP contribution in [0, 0.1) is 5.92 Å². The van der Waals surface area contributed by atoms with Gasteiger partial charge in [-0.15, -0.1) is 0 Å². The van der Waals surface area contributed by atoms with Gasteiger partial charge in [-0.2, -0.15) is 0 Å². The van der Waals surface area contributed by atoms with E-state index in [4.69, 9.17) is 15.0 Å². The van der Waals surface area contributed by atoms with Gasteiger partial charge in [-0.25, -0.2) is 0 Å². The number of hydrogen-bond acceptors (Lipinski definition) is 4. The normalized spacial score (nSPS) is 11.9. The van der Waals surface area contributed by atoms with Gasteiger partial charge in [0.1, 0.15) is 5.75 Å². The molecule has 2 rings (SSSR count). The van der Waals surface area contributed by atoms with Gasteiger partial charge in [0, 0.05) is 5.41 Å². The number of anilines is 1. The van der Waals surface area contributed by atoms with E-state index in [1.807, 2.05) is 24.3 Å². The van der Waals surface area contributed by atoms with Gasteiger partial charge < -0.3 is 15.0 Å². The Kier molecular flexibility index (Phi) is 4.26. The summed E-state index contributed by atoms with van der Waals surface area (Å²) in [6.07, 6.45) is 0. The van der Waals surface area contributed by atoms with E-state index in [1.165, 1.54) is 0 Å². The first-order valence-corrected chi connectivity index (χ1v) is 7.28. The van der Waals surface area contributed by atoms with Crippen LogP contribution in [0.2, 0.25) is 0 Å². The minimum Gasteiger partial charge on any atom is -0.493 e. The first-order chi connectivity index (χ1) is 9.79. The summed E-state index contributed by atoms with van der Waals surface area (Å²) in [6.45, 7) is 11.2. The summed E-state index contributed by atoms with van der Waals surface area (Å²) >= 11 is 0. The molecule has 0 aliphatic heterocycles. The molecule has 1 aromatic carbocycles. The van der Waals surface area contributed by atoms with Gasteiger partial charge in [0.25, 0.3) is 0 Å². The molecule has 0 aliphatic rings. The number of ether oxygens (including phenoxy) is 1. The van der Waals surface area contributed by atoms with Crippen molar-refractivity contribution in [2.24, 2.45) is 5.92 Å². The van der Waals surface area contributed by atoms with Crippen LogP contribution in [-0.4, -0.2) is 11.8 Å². The van der Waals surface area contributed by atoms with E-state index in [-0.39, 0.29) is 5.41 Å². The summed E-state index contributed by atoms with van der Waals surface area (Å²) in [5, 5.41) is 3.91. The Morgan fingerprint density at radius 2 is 1.81 bits per heavy atom. The standard InChI is InChI=1S/C17H24N2O2/c1-11(2)10-20-13-8-6-12(7-9-13)14-15(17(3,4)5)21-19-16(14)18/h6-9,11H,10H2,1-5H3,(H2,18,19). The fourth-order valence-electron chi connectivity index (χ4n) is 2.07. The van der Waals surface area contributed by atoms with Gasteiger partial charge in [0.15, 0.2) is 11.6 Å². The molecule has 21 heavy (non-hydrogen) atoms. The first kappa shape index (κ1) is 15.4. The predicted molar refractivity (Wildman–Crippen MR) is 85.4 cm³/mol. The molecule has 0 atom stereocenters. The summed E-state index contributed by atoms with van der Waals surface area (Å²) in [4.78, 5) is 0. The first-order valence-electron chi connectivity index (χ1n) is 7.28. The van der Waals surface area contributed by atoms with Gasteiger partial charge in [-0.05, 0) is 23.6 Å². The lowest BCUT2D eigenvalue weighted by Gasteiger charge is -2.16. The second-order valence-electron chi connectivity index (χ2n) is 6.75. The Hall–Kier alpha value is -1.97. The van der Waals surface area contributed by atoms with Crippen molar-refractivity contribution >= 4 is 5.82 Å². The Morgan fingerprint density at radius 1 is 1.19 bits per heavy atom. The second-order valence-corrected chi connectivity index (χ2v) is 6.75. The summed E-state index contributed by atoms with van der Waals surface area (Å²) in [5.74, 6) is 2.59.